The van der Waals surface area contributed by atoms with Gasteiger partial charge in [0.05, 0.1) is 6.61 Å². The quantitative estimate of drug-likeness (QED) is 0.765. The third-order valence-electron chi connectivity index (χ3n) is 5.03. The second kappa shape index (κ2) is 9.42. The standard InChI is InChI=1S/C22H29N3O2/c1-2-27-20-10-7-18(8-11-20)17-24-13-15-25(16-14-24)22(26)12-9-19-5-3-4-6-21(19)23/h3-8,10-11H,2,9,12-17,23H2,1H3. The van der Waals surface area contributed by atoms with Crippen molar-refractivity contribution in [2.75, 3.05) is 38.5 Å². The monoisotopic (exact) mass is 367 g/mol. The number of para-hydroxylation sites is 1. The molecule has 5 heteroatoms. The molecular formula is C22H29N3O2. The molecule has 0 spiro atoms. The van der Waals surface area contributed by atoms with Crippen LogP contribution in [0, 0.1) is 0 Å². The van der Waals surface area contributed by atoms with Gasteiger partial charge in [0.25, 0.3) is 0 Å². The molecule has 1 aliphatic rings. The lowest BCUT2D eigenvalue weighted by atomic mass is 10.1. The van der Waals surface area contributed by atoms with Gasteiger partial charge in [-0.1, -0.05) is 30.3 Å². The number of ether oxygens (including phenoxy) is 1. The molecule has 1 aliphatic heterocycles. The summed E-state index contributed by atoms with van der Waals surface area (Å²) >= 11 is 0. The van der Waals surface area contributed by atoms with Crippen molar-refractivity contribution in [3.05, 3.63) is 59.7 Å². The number of piperazine rings is 1. The van der Waals surface area contributed by atoms with Gasteiger partial charge in [-0.3, -0.25) is 9.69 Å². The Labute approximate surface area is 161 Å². The van der Waals surface area contributed by atoms with Crippen molar-refractivity contribution in [3.63, 3.8) is 0 Å². The molecule has 2 aromatic rings. The first-order valence-corrected chi connectivity index (χ1v) is 9.71. The Kier molecular flexibility index (Phi) is 6.71. The predicted molar refractivity (Wildman–Crippen MR) is 109 cm³/mol. The number of nitrogen functional groups attached to an aromatic ring is 1. The van der Waals surface area contributed by atoms with E-state index in [1.165, 1.54) is 5.56 Å². The van der Waals surface area contributed by atoms with Gasteiger partial charge in [-0.2, -0.15) is 0 Å². The van der Waals surface area contributed by atoms with Crippen LogP contribution in [0.3, 0.4) is 0 Å². The second-order valence-electron chi connectivity index (χ2n) is 6.93. The summed E-state index contributed by atoms with van der Waals surface area (Å²) in [5.41, 5.74) is 9.06. The molecule has 5 nitrogen and oxygen atoms in total. The largest absolute Gasteiger partial charge is 0.494 e. The molecule has 0 atom stereocenters. The number of aryl methyl sites for hydroxylation is 1. The van der Waals surface area contributed by atoms with E-state index < -0.39 is 0 Å². The normalized spacial score (nSPS) is 14.9. The number of carbonyl (C=O) groups is 1. The molecule has 0 bridgehead atoms. The number of hydrogen-bond donors (Lipinski definition) is 1. The minimum Gasteiger partial charge on any atom is -0.494 e. The average molecular weight is 367 g/mol. The highest BCUT2D eigenvalue weighted by Gasteiger charge is 2.21. The van der Waals surface area contributed by atoms with Gasteiger partial charge in [0.2, 0.25) is 5.91 Å². The SMILES string of the molecule is CCOc1ccc(CN2CCN(C(=O)CCc3ccccc3N)CC2)cc1. The molecule has 2 N–H and O–H groups in total. The molecule has 2 aromatic carbocycles. The van der Waals surface area contributed by atoms with Gasteiger partial charge in [-0.25, -0.2) is 0 Å². The van der Waals surface area contributed by atoms with Crippen LogP contribution in [0.4, 0.5) is 5.69 Å². The van der Waals surface area contributed by atoms with Crippen molar-refractivity contribution in [2.45, 2.75) is 26.3 Å². The van der Waals surface area contributed by atoms with Crippen molar-refractivity contribution in [3.8, 4) is 5.75 Å². The second-order valence-corrected chi connectivity index (χ2v) is 6.93. The van der Waals surface area contributed by atoms with Gasteiger partial charge >= 0.3 is 0 Å². The molecular weight excluding hydrogens is 338 g/mol. The Balaban J connectivity index is 1.42. The molecule has 0 saturated carbocycles. The summed E-state index contributed by atoms with van der Waals surface area (Å²) in [5, 5.41) is 0. The molecule has 1 fully saturated rings. The minimum atomic E-state index is 0.221. The van der Waals surface area contributed by atoms with Crippen LogP contribution in [0.1, 0.15) is 24.5 Å². The maximum Gasteiger partial charge on any atom is 0.222 e. The molecule has 0 aromatic heterocycles. The van der Waals surface area contributed by atoms with Crippen LogP contribution in [-0.4, -0.2) is 48.5 Å². The van der Waals surface area contributed by atoms with E-state index in [0.29, 0.717) is 19.4 Å². The summed E-state index contributed by atoms with van der Waals surface area (Å²) < 4.78 is 5.49. The maximum absolute atomic E-state index is 12.5. The minimum absolute atomic E-state index is 0.221. The lowest BCUT2D eigenvalue weighted by Crippen LogP contribution is -2.48. The lowest BCUT2D eigenvalue weighted by Gasteiger charge is -2.35. The summed E-state index contributed by atoms with van der Waals surface area (Å²) in [4.78, 5) is 16.9. The Hall–Kier alpha value is -2.53. The number of anilines is 1. The Morgan fingerprint density at radius 2 is 1.74 bits per heavy atom. The summed E-state index contributed by atoms with van der Waals surface area (Å²) in [6, 6.07) is 16.1. The van der Waals surface area contributed by atoms with E-state index >= 15 is 0 Å². The molecule has 144 valence electrons. The highest BCUT2D eigenvalue weighted by molar-refractivity contribution is 5.76. The number of hydrogen-bond acceptors (Lipinski definition) is 4. The summed E-state index contributed by atoms with van der Waals surface area (Å²) in [6.45, 7) is 6.99. The first-order chi connectivity index (χ1) is 13.2. The van der Waals surface area contributed by atoms with Gasteiger partial charge in [-0.15, -0.1) is 0 Å². The fourth-order valence-corrected chi connectivity index (χ4v) is 3.43. The number of nitrogens with zero attached hydrogens (tertiary/aromatic N) is 2. The van der Waals surface area contributed by atoms with Gasteiger partial charge in [0.15, 0.2) is 0 Å². The van der Waals surface area contributed by atoms with E-state index in [4.69, 9.17) is 10.5 Å². The smallest absolute Gasteiger partial charge is 0.222 e. The zero-order valence-electron chi connectivity index (χ0n) is 16.1. The van der Waals surface area contributed by atoms with Gasteiger partial charge < -0.3 is 15.4 Å². The van der Waals surface area contributed by atoms with Gasteiger partial charge in [0.1, 0.15) is 5.75 Å². The Morgan fingerprint density at radius 1 is 1.04 bits per heavy atom. The molecule has 0 aliphatic carbocycles. The Bertz CT molecular complexity index is 737. The summed E-state index contributed by atoms with van der Waals surface area (Å²) in [6.07, 6.45) is 1.23. The molecule has 1 amide bonds. The molecule has 27 heavy (non-hydrogen) atoms. The van der Waals surface area contributed by atoms with Crippen LogP contribution < -0.4 is 10.5 Å². The van der Waals surface area contributed by atoms with E-state index in [-0.39, 0.29) is 5.91 Å². The molecule has 0 unspecified atom stereocenters. The van der Waals surface area contributed by atoms with Crippen LogP contribution in [0.5, 0.6) is 5.75 Å². The number of nitrogens with two attached hydrogens (primary N) is 1. The molecule has 3 rings (SSSR count). The van der Waals surface area contributed by atoms with Crippen LogP contribution in [-0.2, 0) is 17.8 Å². The third-order valence-corrected chi connectivity index (χ3v) is 5.03. The third kappa shape index (κ3) is 5.47. The van der Waals surface area contributed by atoms with Crippen LogP contribution in [0.2, 0.25) is 0 Å². The number of benzene rings is 2. The van der Waals surface area contributed by atoms with Crippen LogP contribution >= 0.6 is 0 Å². The van der Waals surface area contributed by atoms with Crippen molar-refractivity contribution < 1.29 is 9.53 Å². The first-order valence-electron chi connectivity index (χ1n) is 9.71. The average Bonchev–Trinajstić information content (AvgIpc) is 2.69. The molecule has 0 radical (unpaired) electrons. The number of amides is 1. The van der Waals surface area contributed by atoms with E-state index in [0.717, 1.165) is 49.7 Å². The van der Waals surface area contributed by atoms with E-state index in [1.54, 1.807) is 0 Å². The van der Waals surface area contributed by atoms with Gasteiger partial charge in [0, 0.05) is 44.8 Å². The van der Waals surface area contributed by atoms with E-state index in [2.05, 4.69) is 17.0 Å². The molecule has 1 saturated heterocycles. The fraction of sp³-hybridized carbons (Fsp3) is 0.409. The summed E-state index contributed by atoms with van der Waals surface area (Å²) in [5.74, 6) is 1.13. The highest BCUT2D eigenvalue weighted by Crippen LogP contribution is 2.16. The van der Waals surface area contributed by atoms with E-state index in [9.17, 15) is 4.79 Å². The van der Waals surface area contributed by atoms with Gasteiger partial charge in [-0.05, 0) is 42.7 Å². The van der Waals surface area contributed by atoms with Crippen molar-refractivity contribution in [1.29, 1.82) is 0 Å². The van der Waals surface area contributed by atoms with Crippen molar-refractivity contribution in [2.24, 2.45) is 0 Å². The zero-order chi connectivity index (χ0) is 19.1. The van der Waals surface area contributed by atoms with Crippen LogP contribution in [0.15, 0.2) is 48.5 Å². The van der Waals surface area contributed by atoms with Crippen LogP contribution in [0.25, 0.3) is 0 Å². The Morgan fingerprint density at radius 3 is 2.41 bits per heavy atom. The van der Waals surface area contributed by atoms with E-state index in [1.807, 2.05) is 48.2 Å². The predicted octanol–water partition coefficient (Wildman–Crippen LogP) is 2.94. The fourth-order valence-electron chi connectivity index (χ4n) is 3.43. The lowest BCUT2D eigenvalue weighted by molar-refractivity contribution is -0.132. The van der Waals surface area contributed by atoms with Crippen molar-refractivity contribution >= 4 is 11.6 Å². The topological polar surface area (TPSA) is 58.8 Å². The molecule has 1 heterocycles. The van der Waals surface area contributed by atoms with Crippen molar-refractivity contribution in [1.82, 2.24) is 9.80 Å². The summed E-state index contributed by atoms with van der Waals surface area (Å²) in [7, 11) is 0. The highest BCUT2D eigenvalue weighted by atomic mass is 16.5. The maximum atomic E-state index is 12.5. The zero-order valence-corrected chi connectivity index (χ0v) is 16.1. The first kappa shape index (κ1) is 19.2. The number of carbonyl (C=O) groups excluding carboxylic acids is 1. The number of rotatable bonds is 7.